The lowest BCUT2D eigenvalue weighted by molar-refractivity contribution is -0.142. The van der Waals surface area contributed by atoms with Crippen LogP contribution < -0.4 is 0 Å². The van der Waals surface area contributed by atoms with Crippen LogP contribution in [-0.2, 0) is 33.8 Å². The molecular weight excluding hydrogens is 356 g/mol. The third kappa shape index (κ3) is 5.54. The predicted octanol–water partition coefficient (Wildman–Crippen LogP) is 3.39. The van der Waals surface area contributed by atoms with E-state index < -0.39 is 5.97 Å². The molecule has 144 valence electrons. The summed E-state index contributed by atoms with van der Waals surface area (Å²) in [4.78, 5) is 23.7. The molecule has 3 aromatic rings. The molecule has 1 heterocycles. The summed E-state index contributed by atoms with van der Waals surface area (Å²) in [6.07, 6.45) is 3.43. The Labute approximate surface area is 163 Å². The molecule has 0 aliphatic rings. The van der Waals surface area contributed by atoms with Gasteiger partial charge in [-0.3, -0.25) is 9.48 Å². The van der Waals surface area contributed by atoms with Crippen LogP contribution in [0.5, 0.6) is 0 Å². The van der Waals surface area contributed by atoms with Gasteiger partial charge in [0.2, 0.25) is 0 Å². The van der Waals surface area contributed by atoms with Gasteiger partial charge in [0.05, 0.1) is 31.3 Å². The standard InChI is InChI=1S/C22H22N2O4/c1-2-27-21(25)12-17-8-10-18(11-9-17)14-24-15-20(13-23-24)22(26)28-16-19-6-4-3-5-7-19/h3-11,13,15H,2,12,14,16H2,1H3. The molecule has 0 saturated carbocycles. The molecule has 0 spiro atoms. The van der Waals surface area contributed by atoms with Gasteiger partial charge < -0.3 is 9.47 Å². The minimum atomic E-state index is -0.403. The summed E-state index contributed by atoms with van der Waals surface area (Å²) < 4.78 is 11.9. The van der Waals surface area contributed by atoms with Gasteiger partial charge >= 0.3 is 11.9 Å². The Morgan fingerprint density at radius 1 is 0.929 bits per heavy atom. The zero-order chi connectivity index (χ0) is 19.8. The van der Waals surface area contributed by atoms with Gasteiger partial charge in [0.1, 0.15) is 6.61 Å². The van der Waals surface area contributed by atoms with Crippen LogP contribution in [0, 0.1) is 0 Å². The molecule has 0 atom stereocenters. The van der Waals surface area contributed by atoms with Crippen molar-refractivity contribution in [3.8, 4) is 0 Å². The van der Waals surface area contributed by atoms with Crippen LogP contribution in [0.25, 0.3) is 0 Å². The third-order valence-electron chi connectivity index (χ3n) is 4.10. The summed E-state index contributed by atoms with van der Waals surface area (Å²) in [5.41, 5.74) is 3.26. The van der Waals surface area contributed by atoms with Crippen molar-refractivity contribution in [3.63, 3.8) is 0 Å². The zero-order valence-electron chi connectivity index (χ0n) is 15.7. The molecule has 0 saturated heterocycles. The van der Waals surface area contributed by atoms with Gasteiger partial charge in [0, 0.05) is 6.20 Å². The molecule has 0 radical (unpaired) electrons. The van der Waals surface area contributed by atoms with E-state index in [0.29, 0.717) is 18.7 Å². The first-order valence-corrected chi connectivity index (χ1v) is 9.11. The second-order valence-corrected chi connectivity index (χ2v) is 6.29. The van der Waals surface area contributed by atoms with E-state index >= 15 is 0 Å². The van der Waals surface area contributed by atoms with Gasteiger partial charge in [-0.2, -0.15) is 5.10 Å². The second-order valence-electron chi connectivity index (χ2n) is 6.29. The molecule has 6 nitrogen and oxygen atoms in total. The van der Waals surface area contributed by atoms with Crippen LogP contribution in [0.2, 0.25) is 0 Å². The fraction of sp³-hybridized carbons (Fsp3) is 0.227. The van der Waals surface area contributed by atoms with Crippen LogP contribution in [0.1, 0.15) is 34.0 Å². The van der Waals surface area contributed by atoms with Crippen LogP contribution in [-0.4, -0.2) is 28.3 Å². The van der Waals surface area contributed by atoms with Crippen molar-refractivity contribution in [2.24, 2.45) is 0 Å². The molecule has 0 unspecified atom stereocenters. The number of benzene rings is 2. The number of hydrogen-bond acceptors (Lipinski definition) is 5. The van der Waals surface area contributed by atoms with E-state index in [1.54, 1.807) is 17.8 Å². The van der Waals surface area contributed by atoms with Crippen molar-refractivity contribution in [2.45, 2.75) is 26.5 Å². The van der Waals surface area contributed by atoms with E-state index in [2.05, 4.69) is 5.10 Å². The molecule has 0 amide bonds. The number of hydrogen-bond donors (Lipinski definition) is 0. The summed E-state index contributed by atoms with van der Waals surface area (Å²) in [7, 11) is 0. The van der Waals surface area contributed by atoms with E-state index in [-0.39, 0.29) is 19.0 Å². The van der Waals surface area contributed by atoms with Gasteiger partial charge in [0.15, 0.2) is 0 Å². The van der Waals surface area contributed by atoms with Gasteiger partial charge in [0.25, 0.3) is 0 Å². The number of carbonyl (C=O) groups is 2. The van der Waals surface area contributed by atoms with Crippen LogP contribution in [0.3, 0.4) is 0 Å². The smallest absolute Gasteiger partial charge is 0.341 e. The maximum absolute atomic E-state index is 12.2. The average Bonchev–Trinajstić information content (AvgIpc) is 3.17. The molecule has 2 aromatic carbocycles. The first kappa shape index (κ1) is 19.4. The van der Waals surface area contributed by atoms with E-state index in [4.69, 9.17) is 9.47 Å². The fourth-order valence-electron chi connectivity index (χ4n) is 2.69. The van der Waals surface area contributed by atoms with E-state index in [1.165, 1.54) is 6.20 Å². The Bertz CT molecular complexity index is 917. The minimum Gasteiger partial charge on any atom is -0.466 e. The largest absolute Gasteiger partial charge is 0.466 e. The van der Waals surface area contributed by atoms with Crippen molar-refractivity contribution in [1.82, 2.24) is 9.78 Å². The molecule has 1 aromatic heterocycles. The Kier molecular flexibility index (Phi) is 6.57. The first-order chi connectivity index (χ1) is 13.6. The van der Waals surface area contributed by atoms with Crippen LogP contribution in [0.15, 0.2) is 67.0 Å². The maximum Gasteiger partial charge on any atom is 0.341 e. The third-order valence-corrected chi connectivity index (χ3v) is 4.10. The highest BCUT2D eigenvalue weighted by Gasteiger charge is 2.11. The number of nitrogens with zero attached hydrogens (tertiary/aromatic N) is 2. The van der Waals surface area contributed by atoms with E-state index in [0.717, 1.165) is 16.7 Å². The van der Waals surface area contributed by atoms with Gasteiger partial charge in [-0.05, 0) is 23.6 Å². The van der Waals surface area contributed by atoms with Crippen LogP contribution >= 0.6 is 0 Å². The maximum atomic E-state index is 12.2. The summed E-state index contributed by atoms with van der Waals surface area (Å²) in [6.45, 7) is 2.92. The first-order valence-electron chi connectivity index (χ1n) is 9.11. The van der Waals surface area contributed by atoms with Gasteiger partial charge in [-0.15, -0.1) is 0 Å². The van der Waals surface area contributed by atoms with E-state index in [9.17, 15) is 9.59 Å². The Hall–Kier alpha value is -3.41. The molecule has 0 N–H and O–H groups in total. The normalized spacial score (nSPS) is 10.5. The summed E-state index contributed by atoms with van der Waals surface area (Å²) in [6, 6.07) is 17.2. The number of esters is 2. The highest BCUT2D eigenvalue weighted by atomic mass is 16.5. The quantitative estimate of drug-likeness (QED) is 0.562. The molecule has 0 fully saturated rings. The molecule has 0 aliphatic heterocycles. The van der Waals surface area contributed by atoms with Crippen molar-refractivity contribution in [2.75, 3.05) is 6.61 Å². The number of carbonyl (C=O) groups excluding carboxylic acids is 2. The van der Waals surface area contributed by atoms with E-state index in [1.807, 2.05) is 54.6 Å². The Balaban J connectivity index is 1.53. The monoisotopic (exact) mass is 378 g/mol. The highest BCUT2D eigenvalue weighted by molar-refractivity contribution is 5.88. The minimum absolute atomic E-state index is 0.229. The molecule has 0 aliphatic carbocycles. The number of rotatable bonds is 8. The lowest BCUT2D eigenvalue weighted by Crippen LogP contribution is -2.07. The Morgan fingerprint density at radius 3 is 2.36 bits per heavy atom. The Morgan fingerprint density at radius 2 is 1.64 bits per heavy atom. The summed E-state index contributed by atoms with van der Waals surface area (Å²) in [5.74, 6) is -0.638. The van der Waals surface area contributed by atoms with Crippen LogP contribution in [0.4, 0.5) is 0 Å². The average molecular weight is 378 g/mol. The van der Waals surface area contributed by atoms with Crippen molar-refractivity contribution in [3.05, 3.63) is 89.2 Å². The highest BCUT2D eigenvalue weighted by Crippen LogP contribution is 2.10. The van der Waals surface area contributed by atoms with Gasteiger partial charge in [-0.25, -0.2) is 4.79 Å². The number of ether oxygens (including phenoxy) is 2. The van der Waals surface area contributed by atoms with Crippen molar-refractivity contribution in [1.29, 1.82) is 0 Å². The molecule has 0 bridgehead atoms. The van der Waals surface area contributed by atoms with Gasteiger partial charge in [-0.1, -0.05) is 54.6 Å². The SMILES string of the molecule is CCOC(=O)Cc1ccc(Cn2cc(C(=O)OCc3ccccc3)cn2)cc1. The molecular formula is C22H22N2O4. The predicted molar refractivity (Wildman–Crippen MR) is 104 cm³/mol. The number of aromatic nitrogens is 2. The summed E-state index contributed by atoms with van der Waals surface area (Å²) >= 11 is 0. The lowest BCUT2D eigenvalue weighted by Gasteiger charge is -2.05. The van der Waals surface area contributed by atoms with Crippen molar-refractivity contribution < 1.29 is 19.1 Å². The lowest BCUT2D eigenvalue weighted by atomic mass is 10.1. The molecule has 28 heavy (non-hydrogen) atoms. The zero-order valence-corrected chi connectivity index (χ0v) is 15.7. The second kappa shape index (κ2) is 9.50. The van der Waals surface area contributed by atoms with Crippen molar-refractivity contribution >= 4 is 11.9 Å². The molecule has 6 heteroatoms. The fourth-order valence-corrected chi connectivity index (χ4v) is 2.69. The topological polar surface area (TPSA) is 70.4 Å². The molecule has 3 rings (SSSR count). The summed E-state index contributed by atoms with van der Waals surface area (Å²) in [5, 5.41) is 4.22.